The first-order valence-electron chi connectivity index (χ1n) is 5.52. The van der Waals surface area contributed by atoms with Crippen LogP contribution in [0.25, 0.3) is 0 Å². The van der Waals surface area contributed by atoms with Crippen LogP contribution < -0.4 is 5.32 Å². The van der Waals surface area contributed by atoms with Crippen LogP contribution in [0.5, 0.6) is 0 Å². The van der Waals surface area contributed by atoms with Crippen molar-refractivity contribution in [2.24, 2.45) is 0 Å². The van der Waals surface area contributed by atoms with Crippen molar-refractivity contribution < 1.29 is 18.8 Å². The summed E-state index contributed by atoms with van der Waals surface area (Å²) < 4.78 is 24.4. The quantitative estimate of drug-likeness (QED) is 0.776. The van der Waals surface area contributed by atoms with E-state index in [1.807, 2.05) is 0 Å². The number of benzene rings is 1. The molecule has 0 aromatic heterocycles. The van der Waals surface area contributed by atoms with Crippen molar-refractivity contribution in [3.63, 3.8) is 0 Å². The van der Waals surface area contributed by atoms with Gasteiger partial charge in [-0.1, -0.05) is 0 Å². The normalized spacial score (nSPS) is 14.3. The fourth-order valence-electron chi connectivity index (χ4n) is 1.28. The average molecular weight is 273 g/mol. The van der Waals surface area contributed by atoms with E-state index >= 15 is 0 Å². The van der Waals surface area contributed by atoms with E-state index in [1.54, 1.807) is 13.8 Å². The maximum atomic E-state index is 12.7. The summed E-state index contributed by atoms with van der Waals surface area (Å²) in [6.07, 6.45) is 0. The van der Waals surface area contributed by atoms with Gasteiger partial charge in [0.1, 0.15) is 16.8 Å². The number of hydrogen-bond donors (Lipinski definition) is 2. The van der Waals surface area contributed by atoms with Gasteiger partial charge in [0, 0.05) is 5.69 Å². The minimum atomic E-state index is -1.22. The van der Waals surface area contributed by atoms with E-state index in [9.17, 15) is 13.7 Å². The Morgan fingerprint density at radius 2 is 2.00 bits per heavy atom. The molecule has 0 spiro atoms. The van der Waals surface area contributed by atoms with E-state index in [0.717, 1.165) is 0 Å². The van der Waals surface area contributed by atoms with Crippen LogP contribution in [0.2, 0.25) is 0 Å². The van der Waals surface area contributed by atoms with Crippen LogP contribution in [0.15, 0.2) is 24.3 Å². The van der Waals surface area contributed by atoms with E-state index < -0.39 is 29.0 Å². The molecule has 2 atom stereocenters. The molecule has 0 amide bonds. The molecule has 100 valence electrons. The van der Waals surface area contributed by atoms with Crippen molar-refractivity contribution >= 4 is 22.8 Å². The van der Waals surface area contributed by atoms with E-state index in [-0.39, 0.29) is 11.0 Å². The van der Waals surface area contributed by atoms with Crippen LogP contribution in [0.3, 0.4) is 0 Å². The summed E-state index contributed by atoms with van der Waals surface area (Å²) in [6.45, 7) is 3.54. The minimum absolute atomic E-state index is 0.0182. The molecule has 0 saturated heterocycles. The Morgan fingerprint density at radius 1 is 1.44 bits per heavy atom. The smallest absolute Gasteiger partial charge is 0.331 e. The summed E-state index contributed by atoms with van der Waals surface area (Å²) in [4.78, 5) is 11.1. The third-order valence-electron chi connectivity index (χ3n) is 2.34. The Morgan fingerprint density at radius 3 is 2.44 bits per heavy atom. The number of carboxylic acids is 1. The van der Waals surface area contributed by atoms with Gasteiger partial charge in [-0.15, -0.1) is 0 Å². The zero-order valence-corrected chi connectivity index (χ0v) is 11.0. The zero-order chi connectivity index (χ0) is 13.7. The van der Waals surface area contributed by atoms with E-state index in [1.165, 1.54) is 24.3 Å². The van der Waals surface area contributed by atoms with Crippen LogP contribution in [0, 0.1) is 5.82 Å². The Bertz CT molecular complexity index is 397. The van der Waals surface area contributed by atoms with Crippen molar-refractivity contribution in [1.82, 2.24) is 0 Å². The molecule has 0 fully saturated rings. The molecule has 1 aromatic carbocycles. The Labute approximate surface area is 108 Å². The lowest BCUT2D eigenvalue weighted by Crippen LogP contribution is -2.38. The predicted molar refractivity (Wildman–Crippen MR) is 69.6 cm³/mol. The van der Waals surface area contributed by atoms with Gasteiger partial charge in [0.2, 0.25) is 0 Å². The van der Waals surface area contributed by atoms with E-state index in [2.05, 4.69) is 5.32 Å². The molecule has 1 rings (SSSR count). The van der Waals surface area contributed by atoms with E-state index in [0.29, 0.717) is 5.69 Å². The van der Waals surface area contributed by atoms with Crippen LogP contribution in [-0.4, -0.2) is 32.7 Å². The van der Waals surface area contributed by atoms with Gasteiger partial charge in [0.25, 0.3) is 0 Å². The molecule has 4 nitrogen and oxygen atoms in total. The van der Waals surface area contributed by atoms with Gasteiger partial charge in [0.15, 0.2) is 6.04 Å². The van der Waals surface area contributed by atoms with Crippen LogP contribution in [0.1, 0.15) is 13.8 Å². The highest BCUT2D eigenvalue weighted by molar-refractivity contribution is 7.92. The van der Waals surface area contributed by atoms with Gasteiger partial charge < -0.3 is 15.0 Å². The highest BCUT2D eigenvalue weighted by Crippen LogP contribution is 2.12. The molecule has 1 unspecified atom stereocenters. The Kier molecular flexibility index (Phi) is 5.43. The molecule has 6 heteroatoms. The van der Waals surface area contributed by atoms with Crippen LogP contribution >= 0.6 is 0 Å². The maximum Gasteiger partial charge on any atom is 0.331 e. The molecule has 0 aliphatic heterocycles. The first-order valence-corrected chi connectivity index (χ1v) is 6.90. The Hall–Kier alpha value is -1.27. The number of nitrogens with one attached hydrogen (secondary N) is 1. The lowest BCUT2D eigenvalue weighted by Gasteiger charge is -2.20. The maximum absolute atomic E-state index is 12.7. The fraction of sp³-hybridized carbons (Fsp3) is 0.417. The topological polar surface area (TPSA) is 72.4 Å². The Balaban J connectivity index is 2.69. The van der Waals surface area contributed by atoms with Gasteiger partial charge in [-0.3, -0.25) is 0 Å². The largest absolute Gasteiger partial charge is 0.616 e. The van der Waals surface area contributed by atoms with Gasteiger partial charge in [0.05, 0.1) is 0 Å². The molecule has 18 heavy (non-hydrogen) atoms. The summed E-state index contributed by atoms with van der Waals surface area (Å²) in [6, 6.07) is 4.42. The van der Waals surface area contributed by atoms with Crippen molar-refractivity contribution in [2.75, 3.05) is 11.1 Å². The summed E-state index contributed by atoms with van der Waals surface area (Å²) in [7, 11) is 0. The average Bonchev–Trinajstić information content (AvgIpc) is 2.30. The van der Waals surface area contributed by atoms with Gasteiger partial charge >= 0.3 is 5.97 Å². The lowest BCUT2D eigenvalue weighted by molar-refractivity contribution is -0.137. The zero-order valence-electron chi connectivity index (χ0n) is 10.2. The minimum Gasteiger partial charge on any atom is -0.616 e. The molecular formula is C12H16FNO3S. The van der Waals surface area contributed by atoms with Crippen molar-refractivity contribution in [1.29, 1.82) is 0 Å². The first-order chi connectivity index (χ1) is 8.40. The number of aliphatic carboxylic acids is 1. The first kappa shape index (κ1) is 14.8. The fourth-order valence-corrected chi connectivity index (χ4v) is 2.22. The lowest BCUT2D eigenvalue weighted by atomic mass is 10.2. The molecule has 0 heterocycles. The highest BCUT2D eigenvalue weighted by atomic mass is 32.2. The third kappa shape index (κ3) is 4.54. The van der Waals surface area contributed by atoms with Gasteiger partial charge in [-0.25, -0.2) is 9.18 Å². The monoisotopic (exact) mass is 273 g/mol. The number of hydrogen-bond acceptors (Lipinski definition) is 3. The standard InChI is InChI=1S/C12H16FNO3S/c1-8(2)18(17)7-11(12(15)16)14-10-5-3-9(13)4-6-10/h3-6,8,11,14H,7H2,1-2H3,(H,15,16)/t11-,18?/m0/s1. The summed E-state index contributed by atoms with van der Waals surface area (Å²) in [5.41, 5.74) is 0.490. The molecule has 2 N–H and O–H groups in total. The van der Waals surface area contributed by atoms with Gasteiger partial charge in [-0.05, 0) is 49.3 Å². The molecule has 0 bridgehead atoms. The van der Waals surface area contributed by atoms with Crippen LogP contribution in [0.4, 0.5) is 10.1 Å². The molecule has 1 aromatic rings. The highest BCUT2D eigenvalue weighted by Gasteiger charge is 2.25. The van der Waals surface area contributed by atoms with Crippen molar-refractivity contribution in [2.45, 2.75) is 25.1 Å². The summed E-state index contributed by atoms with van der Waals surface area (Å²) >= 11 is -1.22. The molecular weight excluding hydrogens is 257 g/mol. The van der Waals surface area contributed by atoms with Crippen molar-refractivity contribution in [3.8, 4) is 0 Å². The number of carbonyl (C=O) groups is 1. The second kappa shape index (κ2) is 6.61. The number of rotatable bonds is 6. The van der Waals surface area contributed by atoms with Gasteiger partial charge in [-0.2, -0.15) is 0 Å². The number of carboxylic acid groups (broad SMARTS) is 1. The molecule has 0 aliphatic rings. The summed E-state index contributed by atoms with van der Waals surface area (Å²) in [5, 5.41) is 11.7. The number of halogens is 1. The van der Waals surface area contributed by atoms with Crippen molar-refractivity contribution in [3.05, 3.63) is 30.1 Å². The SMILES string of the molecule is CC(C)[S+]([O-])C[C@H](Nc1ccc(F)cc1)C(=O)O. The van der Waals surface area contributed by atoms with Crippen LogP contribution in [-0.2, 0) is 16.0 Å². The predicted octanol–water partition coefficient (Wildman–Crippen LogP) is 1.85. The second-order valence-electron chi connectivity index (χ2n) is 4.14. The third-order valence-corrected chi connectivity index (χ3v) is 4.05. The molecule has 0 aliphatic carbocycles. The second-order valence-corrected chi connectivity index (χ2v) is 6.18. The molecule has 0 saturated carbocycles. The number of anilines is 1. The van der Waals surface area contributed by atoms with E-state index in [4.69, 9.17) is 5.11 Å². The molecule has 0 radical (unpaired) electrons. The summed E-state index contributed by atoms with van der Waals surface area (Å²) in [5.74, 6) is -1.45.